The van der Waals surface area contributed by atoms with Gasteiger partial charge in [-0.05, 0) is 6.07 Å². The first kappa shape index (κ1) is 12.0. The smallest absolute Gasteiger partial charge is 0.194 e. The highest BCUT2D eigenvalue weighted by atomic mass is 16.5. The topological polar surface area (TPSA) is 14.2 Å². The minimum Gasteiger partial charge on any atom is -0.473 e. The van der Waals surface area contributed by atoms with Gasteiger partial charge >= 0.3 is 0 Å². The molecule has 0 aliphatic carbocycles. The van der Waals surface area contributed by atoms with Crippen molar-refractivity contribution < 1.29 is 9.22 Å². The van der Waals surface area contributed by atoms with E-state index >= 15 is 0 Å². The Morgan fingerprint density at radius 3 is 2.53 bits per heavy atom. The second-order valence-electron chi connectivity index (χ2n) is 5.46. The summed E-state index contributed by atoms with van der Waals surface area (Å²) >= 11 is 0. The molecule has 0 aliphatic heterocycles. The fourth-order valence-corrected chi connectivity index (χ4v) is 1.83. The lowest BCUT2D eigenvalue weighted by molar-refractivity contribution is -0.870. The summed E-state index contributed by atoms with van der Waals surface area (Å²) in [6.07, 6.45) is 0. The maximum Gasteiger partial charge on any atom is 0.194 e. The summed E-state index contributed by atoms with van der Waals surface area (Å²) in [5.74, 6) is 0.944. The van der Waals surface area contributed by atoms with Crippen molar-refractivity contribution in [2.24, 2.45) is 7.05 Å². The fourth-order valence-electron chi connectivity index (χ4n) is 1.83. The minimum atomic E-state index is 0.744. The van der Waals surface area contributed by atoms with Gasteiger partial charge in [0.1, 0.15) is 13.2 Å². The maximum absolute atomic E-state index is 5.85. The van der Waals surface area contributed by atoms with Crippen LogP contribution in [0.5, 0.6) is 5.88 Å². The zero-order valence-corrected chi connectivity index (χ0v) is 11.1. The Bertz CT molecular complexity index is 508. The molecule has 0 spiro atoms. The van der Waals surface area contributed by atoms with Gasteiger partial charge in [0.2, 0.25) is 0 Å². The molecule has 1 heterocycles. The Morgan fingerprint density at radius 2 is 1.88 bits per heavy atom. The zero-order valence-electron chi connectivity index (χ0n) is 11.1. The average Bonchev–Trinajstić information content (AvgIpc) is 2.55. The van der Waals surface area contributed by atoms with Gasteiger partial charge < -0.3 is 13.8 Å². The van der Waals surface area contributed by atoms with Crippen LogP contribution in [-0.2, 0) is 7.05 Å². The third-order valence-electron chi connectivity index (χ3n) is 2.92. The van der Waals surface area contributed by atoms with E-state index in [-0.39, 0.29) is 0 Å². The number of quaternary nitrogens is 1. The van der Waals surface area contributed by atoms with Crippen molar-refractivity contribution in [2.75, 3.05) is 34.3 Å². The number of ether oxygens (including phenoxy) is 1. The van der Waals surface area contributed by atoms with Crippen LogP contribution in [0, 0.1) is 0 Å². The third-order valence-corrected chi connectivity index (χ3v) is 2.92. The first-order chi connectivity index (χ1) is 7.97. The summed E-state index contributed by atoms with van der Waals surface area (Å²) in [6.45, 7) is 1.75. The van der Waals surface area contributed by atoms with Crippen LogP contribution < -0.4 is 4.74 Å². The number of aryl methyl sites for hydroxylation is 1. The highest BCUT2D eigenvalue weighted by Crippen LogP contribution is 2.23. The Balaban J connectivity index is 2.11. The first-order valence-corrected chi connectivity index (χ1v) is 5.95. The maximum atomic E-state index is 5.85. The lowest BCUT2D eigenvalue weighted by Crippen LogP contribution is -2.38. The van der Waals surface area contributed by atoms with Gasteiger partial charge in [-0.3, -0.25) is 0 Å². The van der Waals surface area contributed by atoms with E-state index in [4.69, 9.17) is 4.74 Å². The third kappa shape index (κ3) is 2.80. The predicted octanol–water partition coefficient (Wildman–Crippen LogP) is 2.26. The SMILES string of the molecule is Cn1c(OCC[N+](C)(C)C)cc2ccccc21. The molecule has 0 N–H and O–H groups in total. The van der Waals surface area contributed by atoms with Crippen LogP contribution in [-0.4, -0.2) is 43.3 Å². The number of aromatic nitrogens is 1. The van der Waals surface area contributed by atoms with Crippen molar-refractivity contribution in [3.63, 3.8) is 0 Å². The summed E-state index contributed by atoms with van der Waals surface area (Å²) in [4.78, 5) is 0. The number of nitrogens with zero attached hydrogens (tertiary/aromatic N) is 2. The number of benzene rings is 1. The Morgan fingerprint density at radius 1 is 1.18 bits per heavy atom. The van der Waals surface area contributed by atoms with Crippen molar-refractivity contribution in [1.82, 2.24) is 4.57 Å². The molecule has 2 aromatic rings. The van der Waals surface area contributed by atoms with Crippen LogP contribution in [0.25, 0.3) is 10.9 Å². The van der Waals surface area contributed by atoms with E-state index in [1.807, 2.05) is 7.05 Å². The monoisotopic (exact) mass is 233 g/mol. The van der Waals surface area contributed by atoms with Crippen LogP contribution in [0.4, 0.5) is 0 Å². The summed E-state index contributed by atoms with van der Waals surface area (Å²) < 4.78 is 8.87. The number of hydrogen-bond donors (Lipinski definition) is 0. The molecule has 0 saturated heterocycles. The van der Waals surface area contributed by atoms with Gasteiger partial charge in [0, 0.05) is 18.5 Å². The molecule has 2 rings (SSSR count). The molecular formula is C14H21N2O+. The average molecular weight is 233 g/mol. The number of hydrogen-bond acceptors (Lipinski definition) is 1. The van der Waals surface area contributed by atoms with Gasteiger partial charge in [0.05, 0.1) is 26.7 Å². The second-order valence-corrected chi connectivity index (χ2v) is 5.46. The molecule has 17 heavy (non-hydrogen) atoms. The molecule has 0 atom stereocenters. The van der Waals surface area contributed by atoms with Gasteiger partial charge in [-0.15, -0.1) is 0 Å². The largest absolute Gasteiger partial charge is 0.473 e. The lowest BCUT2D eigenvalue weighted by atomic mass is 10.2. The Kier molecular flexibility index (Phi) is 3.11. The van der Waals surface area contributed by atoms with E-state index in [0.29, 0.717) is 0 Å². The van der Waals surface area contributed by atoms with Gasteiger partial charge in [-0.25, -0.2) is 0 Å². The fraction of sp³-hybridized carbons (Fsp3) is 0.429. The van der Waals surface area contributed by atoms with E-state index < -0.39 is 0 Å². The van der Waals surface area contributed by atoms with Crippen LogP contribution in [0.3, 0.4) is 0 Å². The Labute approximate surface area is 103 Å². The highest BCUT2D eigenvalue weighted by Gasteiger charge is 2.09. The Hall–Kier alpha value is -1.48. The quantitative estimate of drug-likeness (QED) is 0.739. The second kappa shape index (κ2) is 4.41. The molecule has 0 saturated carbocycles. The summed E-state index contributed by atoms with van der Waals surface area (Å²) in [6, 6.07) is 10.4. The lowest BCUT2D eigenvalue weighted by Gasteiger charge is -2.23. The molecule has 0 radical (unpaired) electrons. The molecule has 1 aromatic heterocycles. The van der Waals surface area contributed by atoms with Crippen LogP contribution >= 0.6 is 0 Å². The van der Waals surface area contributed by atoms with Crippen molar-refractivity contribution in [3.05, 3.63) is 30.3 Å². The van der Waals surface area contributed by atoms with E-state index in [0.717, 1.165) is 23.5 Å². The molecule has 0 bridgehead atoms. The van der Waals surface area contributed by atoms with Crippen molar-refractivity contribution >= 4 is 10.9 Å². The standard InChI is InChI=1S/C14H21N2O/c1-15-13-8-6-5-7-12(13)11-14(15)17-10-9-16(2,3)4/h5-8,11H,9-10H2,1-4H3/q+1. The number of rotatable bonds is 4. The number of fused-ring (bicyclic) bond motifs is 1. The summed E-state index contributed by atoms with van der Waals surface area (Å²) in [7, 11) is 8.56. The van der Waals surface area contributed by atoms with Crippen LogP contribution in [0.15, 0.2) is 30.3 Å². The number of para-hydroxylation sites is 1. The summed E-state index contributed by atoms with van der Waals surface area (Å²) in [5, 5.41) is 1.23. The van der Waals surface area contributed by atoms with E-state index in [9.17, 15) is 0 Å². The molecular weight excluding hydrogens is 212 g/mol. The molecule has 1 aromatic carbocycles. The van der Waals surface area contributed by atoms with Crippen molar-refractivity contribution in [1.29, 1.82) is 0 Å². The van der Waals surface area contributed by atoms with E-state index in [1.165, 1.54) is 10.9 Å². The van der Waals surface area contributed by atoms with Gasteiger partial charge in [0.15, 0.2) is 5.88 Å². The molecule has 0 unspecified atom stereocenters. The molecule has 0 fully saturated rings. The molecule has 92 valence electrons. The van der Waals surface area contributed by atoms with Crippen LogP contribution in [0.1, 0.15) is 0 Å². The zero-order chi connectivity index (χ0) is 12.5. The molecule has 0 amide bonds. The first-order valence-electron chi connectivity index (χ1n) is 5.95. The van der Waals surface area contributed by atoms with E-state index in [2.05, 4.69) is 56.0 Å². The molecule has 0 aliphatic rings. The van der Waals surface area contributed by atoms with Crippen molar-refractivity contribution in [2.45, 2.75) is 0 Å². The summed E-state index contributed by atoms with van der Waals surface area (Å²) in [5.41, 5.74) is 1.22. The van der Waals surface area contributed by atoms with E-state index in [1.54, 1.807) is 0 Å². The van der Waals surface area contributed by atoms with Crippen molar-refractivity contribution in [3.8, 4) is 5.88 Å². The predicted molar refractivity (Wildman–Crippen MR) is 71.3 cm³/mol. The van der Waals surface area contributed by atoms with Crippen LogP contribution in [0.2, 0.25) is 0 Å². The van der Waals surface area contributed by atoms with Gasteiger partial charge in [0.25, 0.3) is 0 Å². The van der Waals surface area contributed by atoms with Gasteiger partial charge in [-0.2, -0.15) is 0 Å². The van der Waals surface area contributed by atoms with Gasteiger partial charge in [-0.1, -0.05) is 18.2 Å². The normalized spacial score (nSPS) is 12.0. The number of likely N-dealkylation sites (N-methyl/N-ethyl adjacent to an activating group) is 1. The molecule has 3 nitrogen and oxygen atoms in total. The molecule has 3 heteroatoms. The minimum absolute atomic E-state index is 0.744. The highest BCUT2D eigenvalue weighted by molar-refractivity contribution is 5.82.